The lowest BCUT2D eigenvalue weighted by molar-refractivity contribution is -0.216. The number of aliphatic carboxylic acids is 1. The van der Waals surface area contributed by atoms with E-state index in [1.54, 1.807) is 0 Å². The van der Waals surface area contributed by atoms with Crippen LogP contribution in [0.5, 0.6) is 0 Å². The molecule has 0 aromatic rings. The highest BCUT2D eigenvalue weighted by Gasteiger charge is 2.67. The van der Waals surface area contributed by atoms with Crippen molar-refractivity contribution in [3.8, 4) is 0 Å². The molecule has 4 rings (SSSR count). The number of halogens is 2. The van der Waals surface area contributed by atoms with Crippen molar-refractivity contribution in [1.29, 1.82) is 0 Å². The normalized spacial score (nSPS) is 45.6. The average molecular weight is 231 g/mol. The Bertz CT molecular complexity index is 342. The van der Waals surface area contributed by atoms with Gasteiger partial charge in [-0.3, -0.25) is 4.79 Å². The molecule has 0 unspecified atom stereocenters. The number of carbonyl (C=O) groups is 1. The van der Waals surface area contributed by atoms with Crippen LogP contribution in [0.2, 0.25) is 0 Å². The molecule has 4 aliphatic rings. The average Bonchev–Trinajstić information content (AvgIpc) is 2.13. The van der Waals surface area contributed by atoms with Crippen LogP contribution in [0.25, 0.3) is 0 Å². The maximum atomic E-state index is 12.8. The first-order valence-corrected chi connectivity index (χ1v) is 5.70. The Labute approximate surface area is 92.2 Å². The van der Waals surface area contributed by atoms with Gasteiger partial charge in [0.1, 0.15) is 0 Å². The predicted octanol–water partition coefficient (Wildman–Crippen LogP) is 1.49. The highest BCUT2D eigenvalue weighted by Crippen LogP contribution is 2.66. The summed E-state index contributed by atoms with van der Waals surface area (Å²) in [5.74, 6) is -3.26. The Morgan fingerprint density at radius 1 is 1.25 bits per heavy atom. The Kier molecular flexibility index (Phi) is 1.80. The molecule has 2 heterocycles. The molecule has 0 aromatic heterocycles. The summed E-state index contributed by atoms with van der Waals surface area (Å²) in [4.78, 5) is 11.1. The van der Waals surface area contributed by atoms with E-state index in [2.05, 4.69) is 5.32 Å². The lowest BCUT2D eigenvalue weighted by Gasteiger charge is -2.64. The van der Waals surface area contributed by atoms with Crippen molar-refractivity contribution in [3.05, 3.63) is 0 Å². The van der Waals surface area contributed by atoms with Crippen molar-refractivity contribution >= 4 is 5.97 Å². The van der Waals surface area contributed by atoms with Gasteiger partial charge < -0.3 is 10.4 Å². The maximum Gasteiger partial charge on any atom is 0.310 e. The summed E-state index contributed by atoms with van der Waals surface area (Å²) in [6.45, 7) is 1.20. The van der Waals surface area contributed by atoms with E-state index in [4.69, 9.17) is 5.11 Å². The summed E-state index contributed by atoms with van der Waals surface area (Å²) < 4.78 is 25.7. The molecular formula is C11H15F2NO2. The number of carboxylic acid groups (broad SMARTS) is 1. The van der Waals surface area contributed by atoms with Crippen LogP contribution in [0.1, 0.15) is 25.7 Å². The zero-order valence-corrected chi connectivity index (χ0v) is 8.93. The molecule has 16 heavy (non-hydrogen) atoms. The summed E-state index contributed by atoms with van der Waals surface area (Å²) in [6, 6.07) is 0. The Morgan fingerprint density at radius 2 is 1.88 bits per heavy atom. The van der Waals surface area contributed by atoms with Crippen molar-refractivity contribution in [1.82, 2.24) is 5.32 Å². The topological polar surface area (TPSA) is 49.3 Å². The molecule has 2 saturated heterocycles. The van der Waals surface area contributed by atoms with Gasteiger partial charge in [-0.1, -0.05) is 0 Å². The van der Waals surface area contributed by atoms with E-state index in [9.17, 15) is 13.6 Å². The summed E-state index contributed by atoms with van der Waals surface area (Å²) >= 11 is 0. The molecule has 0 radical (unpaired) electrons. The zero-order chi connectivity index (χ0) is 11.6. The first-order chi connectivity index (χ1) is 7.38. The van der Waals surface area contributed by atoms with Gasteiger partial charge in [-0.15, -0.1) is 0 Å². The largest absolute Gasteiger partial charge is 0.481 e. The van der Waals surface area contributed by atoms with Gasteiger partial charge in [0.05, 0.1) is 5.41 Å². The highest BCUT2D eigenvalue weighted by molar-refractivity contribution is 5.77. The molecule has 3 nitrogen and oxygen atoms in total. The van der Waals surface area contributed by atoms with Gasteiger partial charge in [-0.2, -0.15) is 0 Å². The number of piperidine rings is 2. The van der Waals surface area contributed by atoms with E-state index in [-0.39, 0.29) is 24.2 Å². The number of alkyl halides is 2. The van der Waals surface area contributed by atoms with Crippen molar-refractivity contribution in [2.24, 2.45) is 16.7 Å². The van der Waals surface area contributed by atoms with E-state index in [1.165, 1.54) is 0 Å². The number of nitrogens with one attached hydrogen (secondary N) is 1. The molecule has 0 atom stereocenters. The smallest absolute Gasteiger partial charge is 0.310 e. The second-order valence-electron chi connectivity index (χ2n) is 5.87. The van der Waals surface area contributed by atoms with Gasteiger partial charge >= 0.3 is 5.97 Å². The molecule has 90 valence electrons. The molecule has 2 bridgehead atoms. The van der Waals surface area contributed by atoms with E-state index in [0.717, 1.165) is 0 Å². The third-order valence-electron chi connectivity index (χ3n) is 4.73. The van der Waals surface area contributed by atoms with Gasteiger partial charge in [0.2, 0.25) is 5.92 Å². The molecule has 2 saturated carbocycles. The van der Waals surface area contributed by atoms with E-state index in [0.29, 0.717) is 25.9 Å². The molecule has 4 fully saturated rings. The summed E-state index contributed by atoms with van der Waals surface area (Å²) in [6.07, 6.45) is 1.07. The van der Waals surface area contributed by atoms with Crippen molar-refractivity contribution in [2.45, 2.75) is 31.6 Å². The van der Waals surface area contributed by atoms with Crippen LogP contribution < -0.4 is 5.32 Å². The van der Waals surface area contributed by atoms with Gasteiger partial charge in [0.25, 0.3) is 0 Å². The molecule has 5 heteroatoms. The van der Waals surface area contributed by atoms with Crippen LogP contribution in [0.4, 0.5) is 8.78 Å². The number of hydrogen-bond donors (Lipinski definition) is 2. The van der Waals surface area contributed by atoms with Gasteiger partial charge in [0.15, 0.2) is 0 Å². The summed E-state index contributed by atoms with van der Waals surface area (Å²) in [7, 11) is 0. The van der Waals surface area contributed by atoms with Crippen LogP contribution in [0.15, 0.2) is 0 Å². The number of carboxylic acids is 1. The van der Waals surface area contributed by atoms with Crippen LogP contribution in [0.3, 0.4) is 0 Å². The van der Waals surface area contributed by atoms with Crippen molar-refractivity contribution in [2.75, 3.05) is 13.1 Å². The van der Waals surface area contributed by atoms with E-state index >= 15 is 0 Å². The first kappa shape index (κ1) is 10.4. The first-order valence-electron chi connectivity index (χ1n) is 5.70. The van der Waals surface area contributed by atoms with Crippen molar-refractivity contribution < 1.29 is 18.7 Å². The SMILES string of the molecule is O=C(O)C12CNCC(C3CC(F)(F)C3)(C1)C2. The fourth-order valence-electron chi connectivity index (χ4n) is 3.85. The number of hydrogen-bond acceptors (Lipinski definition) is 2. The van der Waals surface area contributed by atoms with E-state index in [1.807, 2.05) is 0 Å². The van der Waals surface area contributed by atoms with E-state index < -0.39 is 17.3 Å². The van der Waals surface area contributed by atoms with Gasteiger partial charge in [-0.05, 0) is 24.2 Å². The predicted molar refractivity (Wildman–Crippen MR) is 52.3 cm³/mol. The molecule has 2 N–H and O–H groups in total. The zero-order valence-electron chi connectivity index (χ0n) is 8.93. The lowest BCUT2D eigenvalue weighted by atomic mass is 9.43. The monoisotopic (exact) mass is 231 g/mol. The van der Waals surface area contributed by atoms with Gasteiger partial charge in [-0.25, -0.2) is 8.78 Å². The number of fused-ring (bicyclic) bond motifs is 2. The molecule has 2 aliphatic heterocycles. The Hall–Kier alpha value is -0.710. The molecule has 0 aromatic carbocycles. The second-order valence-corrected chi connectivity index (χ2v) is 5.87. The third-order valence-corrected chi connectivity index (χ3v) is 4.73. The third kappa shape index (κ3) is 1.18. The lowest BCUT2D eigenvalue weighted by Crippen LogP contribution is -2.69. The fraction of sp³-hybridized carbons (Fsp3) is 0.909. The van der Waals surface area contributed by atoms with Crippen LogP contribution in [0, 0.1) is 16.7 Å². The molecule has 0 spiro atoms. The van der Waals surface area contributed by atoms with Crippen LogP contribution >= 0.6 is 0 Å². The minimum Gasteiger partial charge on any atom is -0.481 e. The van der Waals surface area contributed by atoms with Crippen molar-refractivity contribution in [3.63, 3.8) is 0 Å². The minimum atomic E-state index is -2.50. The second kappa shape index (κ2) is 2.75. The quantitative estimate of drug-likeness (QED) is 0.757. The summed E-state index contributed by atoms with van der Waals surface area (Å²) in [5, 5.41) is 12.2. The molecule has 2 aliphatic carbocycles. The standard InChI is InChI=1S/C11H15F2NO2/c12-11(13)1-7(2-11)9-3-10(4-9,8(15)16)6-14-5-9/h7,14H,1-6H2,(H,15,16). The minimum absolute atomic E-state index is 0.0165. The maximum absolute atomic E-state index is 12.8. The molecule has 0 amide bonds. The number of rotatable bonds is 2. The van der Waals surface area contributed by atoms with Crippen LogP contribution in [-0.4, -0.2) is 30.1 Å². The van der Waals surface area contributed by atoms with Gasteiger partial charge in [0, 0.05) is 25.9 Å². The fourth-order valence-corrected chi connectivity index (χ4v) is 3.85. The Balaban J connectivity index is 1.72. The summed E-state index contributed by atoms with van der Waals surface area (Å²) in [5.41, 5.74) is -0.818. The van der Waals surface area contributed by atoms with Crippen LogP contribution in [-0.2, 0) is 4.79 Å². The highest BCUT2D eigenvalue weighted by atomic mass is 19.3. The Morgan fingerprint density at radius 3 is 2.38 bits per heavy atom. The molecular weight excluding hydrogens is 216 g/mol.